The maximum absolute atomic E-state index is 9.26. The van der Waals surface area contributed by atoms with Gasteiger partial charge in [0.25, 0.3) is 0 Å². The van der Waals surface area contributed by atoms with Gasteiger partial charge >= 0.3 is 0 Å². The number of aromatic nitrogens is 1. The summed E-state index contributed by atoms with van der Waals surface area (Å²) < 4.78 is 0. The molecule has 2 atom stereocenters. The lowest BCUT2D eigenvalue weighted by Gasteiger charge is -2.10. The van der Waals surface area contributed by atoms with Crippen molar-refractivity contribution in [1.29, 1.82) is 5.26 Å². The Morgan fingerprint density at radius 3 is 2.84 bits per heavy atom. The van der Waals surface area contributed by atoms with Crippen molar-refractivity contribution in [3.63, 3.8) is 0 Å². The van der Waals surface area contributed by atoms with E-state index in [2.05, 4.69) is 21.7 Å². The summed E-state index contributed by atoms with van der Waals surface area (Å²) in [6.45, 7) is 2.20. The quantitative estimate of drug-likeness (QED) is 0.852. The zero-order valence-corrected chi connectivity index (χ0v) is 10.4. The standard InChI is InChI=1S/C15H14N4/c16-6-9-5-14(18-13-4-2-1-3-10(9)13)19-15-11-7-17-8-12(11)15/h1-5,11-12,15,17H,7-8H2,(H,18,19). The summed E-state index contributed by atoms with van der Waals surface area (Å²) in [6, 6.07) is 12.4. The van der Waals surface area contributed by atoms with Crippen molar-refractivity contribution in [1.82, 2.24) is 10.3 Å². The van der Waals surface area contributed by atoms with E-state index in [9.17, 15) is 5.26 Å². The van der Waals surface area contributed by atoms with Crippen LogP contribution in [0.3, 0.4) is 0 Å². The van der Waals surface area contributed by atoms with E-state index in [0.29, 0.717) is 11.6 Å². The molecule has 1 saturated carbocycles. The minimum Gasteiger partial charge on any atom is -0.367 e. The lowest BCUT2D eigenvalue weighted by atomic mass is 10.1. The molecule has 1 aliphatic heterocycles. The van der Waals surface area contributed by atoms with E-state index in [4.69, 9.17) is 0 Å². The summed E-state index contributed by atoms with van der Waals surface area (Å²) in [5.74, 6) is 2.30. The summed E-state index contributed by atoms with van der Waals surface area (Å²) in [5.41, 5.74) is 1.57. The van der Waals surface area contributed by atoms with Gasteiger partial charge in [-0.3, -0.25) is 0 Å². The van der Waals surface area contributed by atoms with Crippen LogP contribution in [0.4, 0.5) is 5.82 Å². The fourth-order valence-corrected chi connectivity index (χ4v) is 3.15. The molecule has 4 rings (SSSR count). The molecule has 4 heteroatoms. The van der Waals surface area contributed by atoms with E-state index in [-0.39, 0.29) is 0 Å². The number of anilines is 1. The van der Waals surface area contributed by atoms with Crippen molar-refractivity contribution in [3.05, 3.63) is 35.9 Å². The van der Waals surface area contributed by atoms with Crippen LogP contribution < -0.4 is 10.6 Å². The smallest absolute Gasteiger partial charge is 0.128 e. The van der Waals surface area contributed by atoms with Crippen LogP contribution in [0, 0.1) is 23.2 Å². The number of hydrogen-bond donors (Lipinski definition) is 2. The first kappa shape index (κ1) is 10.8. The Bertz CT molecular complexity index is 678. The summed E-state index contributed by atoms with van der Waals surface area (Å²) >= 11 is 0. The van der Waals surface area contributed by atoms with Crippen molar-refractivity contribution in [2.75, 3.05) is 18.4 Å². The van der Waals surface area contributed by atoms with Crippen LogP contribution in [0.25, 0.3) is 10.9 Å². The molecular weight excluding hydrogens is 236 g/mol. The van der Waals surface area contributed by atoms with Gasteiger partial charge in [0, 0.05) is 24.5 Å². The normalized spacial score (nSPS) is 27.8. The predicted octanol–water partition coefficient (Wildman–Crippen LogP) is 1.74. The molecule has 1 saturated heterocycles. The Kier molecular flexibility index (Phi) is 2.23. The van der Waals surface area contributed by atoms with E-state index in [0.717, 1.165) is 41.6 Å². The number of nitrogens with one attached hydrogen (secondary N) is 2. The topological polar surface area (TPSA) is 60.7 Å². The van der Waals surface area contributed by atoms with Gasteiger partial charge in [0.2, 0.25) is 0 Å². The number of piperidine rings is 1. The Hall–Kier alpha value is -2.12. The van der Waals surface area contributed by atoms with Gasteiger partial charge in [-0.2, -0.15) is 5.26 Å². The molecule has 4 nitrogen and oxygen atoms in total. The molecule has 0 spiro atoms. The fraction of sp³-hybridized carbons (Fsp3) is 0.333. The van der Waals surface area contributed by atoms with E-state index in [1.807, 2.05) is 30.3 Å². The Labute approximate surface area is 111 Å². The summed E-state index contributed by atoms with van der Waals surface area (Å²) in [5, 5.41) is 17.0. The van der Waals surface area contributed by atoms with E-state index in [1.54, 1.807) is 0 Å². The number of nitriles is 1. The fourth-order valence-electron chi connectivity index (χ4n) is 3.15. The minimum atomic E-state index is 0.529. The lowest BCUT2D eigenvalue weighted by molar-refractivity contribution is 0.696. The first-order valence-electron chi connectivity index (χ1n) is 6.64. The molecule has 94 valence electrons. The zero-order valence-electron chi connectivity index (χ0n) is 10.4. The van der Waals surface area contributed by atoms with Gasteiger partial charge in [-0.25, -0.2) is 4.98 Å². The van der Waals surface area contributed by atoms with Gasteiger partial charge < -0.3 is 10.6 Å². The minimum absolute atomic E-state index is 0.529. The van der Waals surface area contributed by atoms with Crippen molar-refractivity contribution >= 4 is 16.7 Å². The predicted molar refractivity (Wildman–Crippen MR) is 73.7 cm³/mol. The van der Waals surface area contributed by atoms with E-state index < -0.39 is 0 Å². The van der Waals surface area contributed by atoms with Crippen LogP contribution >= 0.6 is 0 Å². The van der Waals surface area contributed by atoms with Gasteiger partial charge in [-0.15, -0.1) is 0 Å². The molecule has 2 heterocycles. The number of hydrogen-bond acceptors (Lipinski definition) is 4. The van der Waals surface area contributed by atoms with Gasteiger partial charge in [-0.1, -0.05) is 18.2 Å². The van der Waals surface area contributed by atoms with E-state index in [1.165, 1.54) is 0 Å². The molecule has 2 fully saturated rings. The molecule has 0 amide bonds. The third-order valence-electron chi connectivity index (χ3n) is 4.24. The van der Waals surface area contributed by atoms with Crippen LogP contribution in [-0.4, -0.2) is 24.1 Å². The summed E-state index contributed by atoms with van der Waals surface area (Å²) in [6.07, 6.45) is 0. The molecule has 0 radical (unpaired) electrons. The Morgan fingerprint density at radius 2 is 2.05 bits per heavy atom. The third-order valence-corrected chi connectivity index (χ3v) is 4.24. The second-order valence-electron chi connectivity index (χ2n) is 5.34. The highest BCUT2D eigenvalue weighted by atomic mass is 15.1. The highest BCUT2D eigenvalue weighted by molar-refractivity contribution is 5.86. The van der Waals surface area contributed by atoms with Crippen molar-refractivity contribution < 1.29 is 0 Å². The Morgan fingerprint density at radius 1 is 1.26 bits per heavy atom. The number of benzene rings is 1. The molecule has 1 aromatic heterocycles. The third kappa shape index (κ3) is 1.66. The number of pyridine rings is 1. The van der Waals surface area contributed by atoms with Gasteiger partial charge in [0.15, 0.2) is 0 Å². The molecule has 2 aromatic rings. The van der Waals surface area contributed by atoms with Crippen molar-refractivity contribution in [2.24, 2.45) is 11.8 Å². The summed E-state index contributed by atoms with van der Waals surface area (Å²) in [4.78, 5) is 4.61. The first-order valence-corrected chi connectivity index (χ1v) is 6.64. The lowest BCUT2D eigenvalue weighted by Crippen LogP contribution is -2.21. The Balaban J connectivity index is 1.69. The average Bonchev–Trinajstić information content (AvgIpc) is 2.88. The highest BCUT2D eigenvalue weighted by Crippen LogP contribution is 2.43. The number of para-hydroxylation sites is 1. The zero-order chi connectivity index (χ0) is 12.8. The maximum Gasteiger partial charge on any atom is 0.128 e. The second-order valence-corrected chi connectivity index (χ2v) is 5.34. The van der Waals surface area contributed by atoms with Crippen LogP contribution in [0.5, 0.6) is 0 Å². The molecule has 0 bridgehead atoms. The molecule has 2 N–H and O–H groups in total. The van der Waals surface area contributed by atoms with Crippen molar-refractivity contribution in [2.45, 2.75) is 6.04 Å². The van der Waals surface area contributed by atoms with Crippen molar-refractivity contribution in [3.8, 4) is 6.07 Å². The SMILES string of the molecule is N#Cc1cc(NC2C3CNCC32)nc2ccccc12. The average molecular weight is 250 g/mol. The maximum atomic E-state index is 9.26. The molecule has 1 aromatic carbocycles. The molecule has 2 aliphatic rings. The first-order chi connectivity index (χ1) is 9.36. The largest absolute Gasteiger partial charge is 0.367 e. The molecule has 2 unspecified atom stereocenters. The van der Waals surface area contributed by atoms with Gasteiger partial charge in [0.05, 0.1) is 17.1 Å². The monoisotopic (exact) mass is 250 g/mol. The molecule has 1 aliphatic carbocycles. The summed E-state index contributed by atoms with van der Waals surface area (Å²) in [7, 11) is 0. The van der Waals surface area contributed by atoms with E-state index >= 15 is 0 Å². The van der Waals surface area contributed by atoms with Crippen LogP contribution in [0.2, 0.25) is 0 Å². The highest BCUT2D eigenvalue weighted by Gasteiger charge is 2.53. The van der Waals surface area contributed by atoms with Crippen LogP contribution in [0.15, 0.2) is 30.3 Å². The molecule has 19 heavy (non-hydrogen) atoms. The number of fused-ring (bicyclic) bond motifs is 2. The van der Waals surface area contributed by atoms with Crippen LogP contribution in [-0.2, 0) is 0 Å². The van der Waals surface area contributed by atoms with Crippen LogP contribution in [0.1, 0.15) is 5.56 Å². The van der Waals surface area contributed by atoms with Gasteiger partial charge in [0.1, 0.15) is 5.82 Å². The number of rotatable bonds is 2. The number of nitrogens with zero attached hydrogens (tertiary/aromatic N) is 2. The second kappa shape index (κ2) is 3.94. The molecular formula is C15H14N4. The van der Waals surface area contributed by atoms with Gasteiger partial charge in [-0.05, 0) is 24.0 Å².